The summed E-state index contributed by atoms with van der Waals surface area (Å²) in [6.45, 7) is 0. The molecule has 0 saturated carbocycles. The van der Waals surface area contributed by atoms with E-state index in [9.17, 15) is 0 Å². The fourth-order valence-corrected chi connectivity index (χ4v) is 5.51. The largest absolute Gasteiger partial charge is 0.497 e. The number of methoxy groups -OCH3 is 1. The molecule has 0 unspecified atom stereocenters. The molecule has 0 saturated heterocycles. The van der Waals surface area contributed by atoms with Crippen molar-refractivity contribution in [3.8, 4) is 28.1 Å². The van der Waals surface area contributed by atoms with Gasteiger partial charge in [0, 0.05) is 17.1 Å². The van der Waals surface area contributed by atoms with Crippen LogP contribution in [0, 0.1) is 0 Å². The van der Waals surface area contributed by atoms with Gasteiger partial charge in [0.1, 0.15) is 5.75 Å². The first-order valence-electron chi connectivity index (χ1n) is 12.2. The van der Waals surface area contributed by atoms with Crippen molar-refractivity contribution in [3.05, 3.63) is 121 Å². The molecule has 0 spiro atoms. The second-order valence-corrected chi connectivity index (χ2v) is 9.15. The third-order valence-electron chi connectivity index (χ3n) is 7.19. The van der Waals surface area contributed by atoms with Crippen molar-refractivity contribution >= 4 is 43.1 Å². The molecule has 0 bridgehead atoms. The summed E-state index contributed by atoms with van der Waals surface area (Å²) >= 11 is 0. The van der Waals surface area contributed by atoms with Crippen LogP contribution in [0.3, 0.4) is 0 Å². The molecule has 0 atom stereocenters. The Labute approximate surface area is 209 Å². The predicted molar refractivity (Wildman–Crippen MR) is 152 cm³/mol. The maximum atomic E-state index is 5.41. The lowest BCUT2D eigenvalue weighted by Gasteiger charge is -2.17. The summed E-state index contributed by atoms with van der Waals surface area (Å²) in [6, 6.07) is 40.9. The summed E-state index contributed by atoms with van der Waals surface area (Å²) < 4.78 is 5.41. The van der Waals surface area contributed by atoms with Crippen LogP contribution in [0.25, 0.3) is 65.5 Å². The molecule has 0 aliphatic carbocycles. The molecule has 7 aromatic rings. The smallest absolute Gasteiger partial charge is 0.118 e. The SMILES string of the molecule is COc1ccc(-c2c3ccccc3c(-c3cc4c(ccc5ccccc54)cn3)c3ccccc23)cc1. The van der Waals surface area contributed by atoms with Gasteiger partial charge in [0.15, 0.2) is 0 Å². The average Bonchev–Trinajstić information content (AvgIpc) is 2.95. The molecule has 1 heterocycles. The van der Waals surface area contributed by atoms with E-state index in [1.807, 2.05) is 18.3 Å². The molecule has 0 fully saturated rings. The minimum absolute atomic E-state index is 0.858. The van der Waals surface area contributed by atoms with Gasteiger partial charge in [0.05, 0.1) is 12.8 Å². The minimum Gasteiger partial charge on any atom is -0.497 e. The Morgan fingerprint density at radius 1 is 0.500 bits per heavy atom. The predicted octanol–water partition coefficient (Wildman–Crippen LogP) is 9.04. The fourth-order valence-electron chi connectivity index (χ4n) is 5.51. The molecule has 0 aliphatic rings. The highest BCUT2D eigenvalue weighted by Gasteiger charge is 2.17. The number of hydrogen-bond donors (Lipinski definition) is 0. The molecule has 7 rings (SSSR count). The van der Waals surface area contributed by atoms with Crippen LogP contribution in [0.1, 0.15) is 0 Å². The van der Waals surface area contributed by atoms with Gasteiger partial charge < -0.3 is 4.74 Å². The average molecular weight is 462 g/mol. The summed E-state index contributed by atoms with van der Waals surface area (Å²) in [6.07, 6.45) is 2.01. The van der Waals surface area contributed by atoms with Gasteiger partial charge in [-0.15, -0.1) is 0 Å². The van der Waals surface area contributed by atoms with Gasteiger partial charge in [0.2, 0.25) is 0 Å². The first-order valence-corrected chi connectivity index (χ1v) is 12.2. The van der Waals surface area contributed by atoms with E-state index >= 15 is 0 Å². The van der Waals surface area contributed by atoms with Crippen molar-refractivity contribution in [1.29, 1.82) is 0 Å². The van der Waals surface area contributed by atoms with Crippen LogP contribution in [-0.4, -0.2) is 12.1 Å². The van der Waals surface area contributed by atoms with Gasteiger partial charge in [-0.3, -0.25) is 4.98 Å². The molecule has 170 valence electrons. The molecule has 0 aliphatic heterocycles. The Balaban J connectivity index is 1.59. The zero-order chi connectivity index (χ0) is 24.1. The number of ether oxygens (including phenoxy) is 1. The zero-order valence-corrected chi connectivity index (χ0v) is 19.9. The summed E-state index contributed by atoms with van der Waals surface area (Å²) in [5.41, 5.74) is 4.58. The minimum atomic E-state index is 0.858. The summed E-state index contributed by atoms with van der Waals surface area (Å²) in [5.74, 6) is 0.858. The molecule has 36 heavy (non-hydrogen) atoms. The van der Waals surface area contributed by atoms with E-state index in [0.717, 1.165) is 16.8 Å². The topological polar surface area (TPSA) is 22.1 Å². The Morgan fingerprint density at radius 3 is 1.69 bits per heavy atom. The number of pyridine rings is 1. The normalized spacial score (nSPS) is 11.5. The van der Waals surface area contributed by atoms with Crippen LogP contribution in [-0.2, 0) is 0 Å². The van der Waals surface area contributed by atoms with Gasteiger partial charge in [-0.1, -0.05) is 97.1 Å². The molecule has 2 nitrogen and oxygen atoms in total. The lowest BCUT2D eigenvalue weighted by Crippen LogP contribution is -1.93. The van der Waals surface area contributed by atoms with Crippen molar-refractivity contribution in [2.75, 3.05) is 7.11 Å². The summed E-state index contributed by atoms with van der Waals surface area (Å²) in [7, 11) is 1.70. The number of rotatable bonds is 3. The van der Waals surface area contributed by atoms with E-state index in [-0.39, 0.29) is 0 Å². The van der Waals surface area contributed by atoms with Gasteiger partial charge >= 0.3 is 0 Å². The van der Waals surface area contributed by atoms with Crippen LogP contribution in [0.4, 0.5) is 0 Å². The standard InChI is InChI=1S/C34H23NO/c1-36-25-18-16-23(17-19-25)33-27-10-4-6-12-29(27)34(30-13-7-5-11-28(30)33)32-20-31-24(21-35-32)15-14-22-8-2-3-9-26(22)31/h2-21H,1H3. The fraction of sp³-hybridized carbons (Fsp3) is 0.0294. The highest BCUT2D eigenvalue weighted by Crippen LogP contribution is 2.44. The summed E-state index contributed by atoms with van der Waals surface area (Å²) in [5, 5.41) is 9.72. The Bertz CT molecular complexity index is 1860. The number of aromatic nitrogens is 1. The van der Waals surface area contributed by atoms with Crippen molar-refractivity contribution in [1.82, 2.24) is 4.98 Å². The number of benzene rings is 6. The first kappa shape index (κ1) is 20.7. The number of nitrogens with zero attached hydrogens (tertiary/aromatic N) is 1. The quantitative estimate of drug-likeness (QED) is 0.193. The highest BCUT2D eigenvalue weighted by molar-refractivity contribution is 6.21. The lowest BCUT2D eigenvalue weighted by atomic mass is 9.87. The lowest BCUT2D eigenvalue weighted by molar-refractivity contribution is 0.415. The van der Waals surface area contributed by atoms with Crippen molar-refractivity contribution in [2.45, 2.75) is 0 Å². The second-order valence-electron chi connectivity index (χ2n) is 9.15. The van der Waals surface area contributed by atoms with Crippen molar-refractivity contribution < 1.29 is 4.74 Å². The Kier molecular flexibility index (Phi) is 4.71. The molecule has 1 aromatic heterocycles. The summed E-state index contributed by atoms with van der Waals surface area (Å²) in [4.78, 5) is 4.99. The van der Waals surface area contributed by atoms with Crippen molar-refractivity contribution in [2.24, 2.45) is 0 Å². The second kappa shape index (κ2) is 8.21. The van der Waals surface area contributed by atoms with E-state index in [0.29, 0.717) is 0 Å². The van der Waals surface area contributed by atoms with Gasteiger partial charge in [-0.2, -0.15) is 0 Å². The van der Waals surface area contributed by atoms with E-state index in [2.05, 4.69) is 103 Å². The molecule has 2 heteroatoms. The molecule has 0 radical (unpaired) electrons. The number of hydrogen-bond acceptors (Lipinski definition) is 2. The zero-order valence-electron chi connectivity index (χ0n) is 19.9. The van der Waals surface area contributed by atoms with Gasteiger partial charge in [-0.05, 0) is 67.0 Å². The van der Waals surface area contributed by atoms with E-state index in [4.69, 9.17) is 9.72 Å². The maximum absolute atomic E-state index is 5.41. The van der Waals surface area contributed by atoms with Gasteiger partial charge in [0.25, 0.3) is 0 Å². The van der Waals surface area contributed by atoms with E-state index in [1.165, 1.54) is 54.4 Å². The van der Waals surface area contributed by atoms with Gasteiger partial charge in [-0.25, -0.2) is 0 Å². The number of fused-ring (bicyclic) bond motifs is 5. The molecular weight excluding hydrogens is 438 g/mol. The monoisotopic (exact) mass is 461 g/mol. The van der Waals surface area contributed by atoms with Crippen LogP contribution < -0.4 is 4.74 Å². The maximum Gasteiger partial charge on any atom is 0.118 e. The van der Waals surface area contributed by atoms with Crippen LogP contribution in [0.5, 0.6) is 5.75 Å². The molecule has 0 N–H and O–H groups in total. The van der Waals surface area contributed by atoms with Crippen molar-refractivity contribution in [3.63, 3.8) is 0 Å². The van der Waals surface area contributed by atoms with Crippen LogP contribution in [0.2, 0.25) is 0 Å². The third-order valence-corrected chi connectivity index (χ3v) is 7.19. The van der Waals surface area contributed by atoms with E-state index < -0.39 is 0 Å². The Morgan fingerprint density at radius 2 is 1.06 bits per heavy atom. The van der Waals surface area contributed by atoms with Crippen LogP contribution in [0.15, 0.2) is 121 Å². The molecular formula is C34H23NO. The third kappa shape index (κ3) is 3.15. The molecule has 0 amide bonds. The highest BCUT2D eigenvalue weighted by atomic mass is 16.5. The molecule has 6 aromatic carbocycles. The Hall–Kier alpha value is -4.69. The van der Waals surface area contributed by atoms with Crippen LogP contribution >= 0.6 is 0 Å². The van der Waals surface area contributed by atoms with E-state index in [1.54, 1.807) is 7.11 Å². The first-order chi connectivity index (χ1) is 17.8.